The summed E-state index contributed by atoms with van der Waals surface area (Å²) in [5.74, 6) is 0. The van der Waals surface area contributed by atoms with Gasteiger partial charge in [0.05, 0.1) is 11.0 Å². The molecule has 75 heavy (non-hydrogen) atoms. The van der Waals surface area contributed by atoms with Crippen molar-refractivity contribution in [1.82, 2.24) is 4.57 Å². The third-order valence-electron chi connectivity index (χ3n) is 12.3. The summed E-state index contributed by atoms with van der Waals surface area (Å²) in [5.41, 5.74) is 15.9. The topological polar surface area (TPSA) is 8.17 Å². The van der Waals surface area contributed by atoms with Gasteiger partial charge >= 0.3 is 0 Å². The molecule has 10 rings (SSSR count). The molecule has 2 aliphatic rings. The molecule has 0 amide bonds. The monoisotopic (exact) mass is 997 g/mol. The number of benzene rings is 7. The van der Waals surface area contributed by atoms with Crippen LogP contribution in [0.5, 0.6) is 0 Å². The van der Waals surface area contributed by atoms with Crippen molar-refractivity contribution in [2.45, 2.75) is 45.9 Å². The largest absolute Gasteiger partial charge is 0.317 e. The van der Waals surface area contributed by atoms with Crippen LogP contribution in [0.15, 0.2) is 309 Å². The lowest BCUT2D eigenvalue weighted by Gasteiger charge is -2.26. The molecule has 3 heteroatoms. The maximum absolute atomic E-state index is 4.24. The maximum Gasteiger partial charge on any atom is 0.0535 e. The standard InChI is InChI=1S/C30H29NS.C24H21N.C12H10.C4H6.C2H6/c1-4-25(15-12-22-32(3)28-17-6-5-7-18-28)26-14-10-16-27(23-26)31-21-9-8-13-24(2)29-19-11-20-30(29)31;1-3-4-7-16-25-23-9-6-5-8-21(23)22-17-20(14-15-24(22)25)19-12-10-18(2)11-13-19;1-3-7-11(8-4-1)12-9-5-2-6-10-12;1-3-4-2;1-2/h4-10,12-23H,2,11H2,1,3H3;3-17H,1-2H3;1-10H;3-4H,1-2H2;1-2H3/b13-8-,15-12-,21-9-,25-4+;4-3-,16-7-;;;. The molecular formula is C72H72N2S. The molecule has 1 unspecified atom stereocenters. The van der Waals surface area contributed by atoms with E-state index < -0.39 is 0 Å². The average molecular weight is 997 g/mol. The molecule has 376 valence electrons. The minimum absolute atomic E-state index is 0.0887. The number of rotatable bonds is 10. The Bertz CT molecular complexity index is 3380. The molecule has 0 N–H and O–H groups in total. The number of hydrogen-bond donors (Lipinski definition) is 0. The lowest BCUT2D eigenvalue weighted by Crippen LogP contribution is -2.17. The van der Waals surface area contributed by atoms with E-state index in [2.05, 4.69) is 298 Å². The smallest absolute Gasteiger partial charge is 0.0535 e. The Morgan fingerprint density at radius 2 is 1.20 bits per heavy atom. The summed E-state index contributed by atoms with van der Waals surface area (Å²) in [7, 11) is 0.0887. The first-order valence-electron chi connectivity index (χ1n) is 25.8. The third-order valence-corrected chi connectivity index (χ3v) is 13.9. The molecule has 1 aliphatic heterocycles. The van der Waals surface area contributed by atoms with E-state index in [1.807, 2.05) is 39.0 Å². The molecule has 1 aromatic heterocycles. The minimum atomic E-state index is 0.0887. The van der Waals surface area contributed by atoms with Gasteiger partial charge in [0.2, 0.25) is 0 Å². The van der Waals surface area contributed by atoms with Crippen molar-refractivity contribution >= 4 is 55.1 Å². The predicted octanol–water partition coefficient (Wildman–Crippen LogP) is 20.6. The van der Waals surface area contributed by atoms with Gasteiger partial charge in [0, 0.05) is 45.0 Å². The van der Waals surface area contributed by atoms with Gasteiger partial charge in [0.1, 0.15) is 0 Å². The Morgan fingerprint density at radius 1 is 0.587 bits per heavy atom. The molecule has 8 aromatic rings. The molecule has 0 saturated heterocycles. The normalized spacial score (nSPS) is 14.1. The van der Waals surface area contributed by atoms with Gasteiger partial charge in [-0.3, -0.25) is 0 Å². The Labute approximate surface area is 451 Å². The van der Waals surface area contributed by atoms with Crippen LogP contribution < -0.4 is 4.90 Å². The van der Waals surface area contributed by atoms with Crippen LogP contribution in [0, 0.1) is 6.92 Å². The number of aromatic nitrogens is 1. The van der Waals surface area contributed by atoms with Gasteiger partial charge < -0.3 is 9.47 Å². The number of anilines is 1. The molecule has 0 radical (unpaired) electrons. The van der Waals surface area contributed by atoms with E-state index in [-0.39, 0.29) is 10.5 Å². The SMILES string of the molecule is C/C=C\C=C/n1c2ccccc2c2cc(-c3ccc(C)cc3)ccc21.C=C1/C=C\C=C/N(c2cccc(C(/C=C\C=S(/C)c3ccccc3)=C/C)c2)C2=CCC=C12.C=CC=C.CC.c1ccc(-c2ccccc2)cc1. The lowest BCUT2D eigenvalue weighted by atomic mass is 10.0. The van der Waals surface area contributed by atoms with Crippen LogP contribution >= 0.6 is 10.5 Å². The summed E-state index contributed by atoms with van der Waals surface area (Å²) in [6.45, 7) is 21.2. The zero-order valence-corrected chi connectivity index (χ0v) is 45.5. The summed E-state index contributed by atoms with van der Waals surface area (Å²) < 4.78 is 2.27. The van der Waals surface area contributed by atoms with Gasteiger partial charge in [-0.25, -0.2) is 0 Å². The van der Waals surface area contributed by atoms with Crippen LogP contribution in [0.3, 0.4) is 0 Å². The van der Waals surface area contributed by atoms with E-state index in [1.165, 1.54) is 76.9 Å². The number of aryl methyl sites for hydroxylation is 1. The number of allylic oxidation sites excluding steroid dienone is 15. The van der Waals surface area contributed by atoms with Crippen molar-refractivity contribution in [3.8, 4) is 22.3 Å². The second kappa shape index (κ2) is 29.9. The van der Waals surface area contributed by atoms with Crippen molar-refractivity contribution in [1.29, 1.82) is 0 Å². The molecule has 1 aliphatic carbocycles. The minimum Gasteiger partial charge on any atom is -0.317 e. The maximum atomic E-state index is 4.24. The van der Waals surface area contributed by atoms with Crippen molar-refractivity contribution in [3.05, 3.63) is 315 Å². The summed E-state index contributed by atoms with van der Waals surface area (Å²) in [6.07, 6.45) is 34.2. The van der Waals surface area contributed by atoms with Gasteiger partial charge in [0.25, 0.3) is 0 Å². The zero-order valence-electron chi connectivity index (χ0n) is 44.7. The molecule has 7 aromatic carbocycles. The Morgan fingerprint density at radius 3 is 1.85 bits per heavy atom. The fourth-order valence-electron chi connectivity index (χ4n) is 8.50. The molecule has 0 fully saturated rings. The molecular weight excluding hydrogens is 925 g/mol. The summed E-state index contributed by atoms with van der Waals surface area (Å²) >= 11 is 0. The highest BCUT2D eigenvalue weighted by atomic mass is 32.2. The van der Waals surface area contributed by atoms with Crippen LogP contribution in [-0.4, -0.2) is 16.2 Å². The van der Waals surface area contributed by atoms with Crippen LogP contribution in [0.2, 0.25) is 0 Å². The molecule has 0 bridgehead atoms. The lowest BCUT2D eigenvalue weighted by molar-refractivity contribution is 1.17. The zero-order chi connectivity index (χ0) is 53.2. The molecule has 2 nitrogen and oxygen atoms in total. The number of nitrogens with zero attached hydrogens (tertiary/aromatic N) is 2. The first-order valence-corrected chi connectivity index (χ1v) is 27.5. The Balaban J connectivity index is 0.000000187. The highest BCUT2D eigenvalue weighted by molar-refractivity contribution is 8.14. The van der Waals surface area contributed by atoms with Crippen LogP contribution in [0.25, 0.3) is 55.8 Å². The highest BCUT2D eigenvalue weighted by Crippen LogP contribution is 2.36. The Hall–Kier alpha value is -8.50. The van der Waals surface area contributed by atoms with Crippen molar-refractivity contribution in [3.63, 3.8) is 0 Å². The van der Waals surface area contributed by atoms with E-state index in [1.54, 1.807) is 12.2 Å². The van der Waals surface area contributed by atoms with Gasteiger partial charge in [-0.2, -0.15) is 10.5 Å². The van der Waals surface area contributed by atoms with Gasteiger partial charge in [-0.05, 0) is 132 Å². The van der Waals surface area contributed by atoms with Gasteiger partial charge in [-0.15, -0.1) is 0 Å². The molecule has 0 saturated carbocycles. The molecule has 1 atom stereocenters. The van der Waals surface area contributed by atoms with E-state index in [4.69, 9.17) is 0 Å². The Kier molecular flexibility index (Phi) is 22.2. The summed E-state index contributed by atoms with van der Waals surface area (Å²) in [6, 6.07) is 64.2. The molecule has 0 spiro atoms. The number of hydrogen-bond acceptors (Lipinski definition) is 1. The fourth-order valence-corrected chi connectivity index (χ4v) is 9.55. The van der Waals surface area contributed by atoms with E-state index >= 15 is 0 Å². The number of fused-ring (bicyclic) bond motifs is 4. The van der Waals surface area contributed by atoms with Crippen molar-refractivity contribution < 1.29 is 0 Å². The quantitative estimate of drug-likeness (QED) is 0.0753. The molecule has 2 heterocycles. The second-order valence-corrected chi connectivity index (χ2v) is 19.1. The third kappa shape index (κ3) is 15.5. The van der Waals surface area contributed by atoms with Crippen molar-refractivity contribution in [2.24, 2.45) is 0 Å². The van der Waals surface area contributed by atoms with Gasteiger partial charge in [0.15, 0.2) is 0 Å². The first-order chi connectivity index (χ1) is 36.8. The van der Waals surface area contributed by atoms with E-state index in [0.29, 0.717) is 0 Å². The van der Waals surface area contributed by atoms with Crippen LogP contribution in [0.1, 0.15) is 45.2 Å². The average Bonchev–Trinajstić information content (AvgIpc) is 4.08. The van der Waals surface area contributed by atoms with Gasteiger partial charge in [-0.1, -0.05) is 246 Å². The summed E-state index contributed by atoms with van der Waals surface area (Å²) in [5, 5.41) is 4.86. The second-order valence-electron chi connectivity index (χ2n) is 17.3. The van der Waals surface area contributed by atoms with Crippen LogP contribution in [-0.2, 0) is 0 Å². The first kappa shape index (κ1) is 55.8. The van der Waals surface area contributed by atoms with Crippen molar-refractivity contribution in [2.75, 3.05) is 11.2 Å². The highest BCUT2D eigenvalue weighted by Gasteiger charge is 2.20. The van der Waals surface area contributed by atoms with Crippen LogP contribution in [0.4, 0.5) is 5.69 Å². The predicted molar refractivity (Wildman–Crippen MR) is 338 cm³/mol. The van der Waals surface area contributed by atoms with E-state index in [0.717, 1.165) is 17.7 Å². The summed E-state index contributed by atoms with van der Waals surface area (Å²) in [4.78, 5) is 3.62. The number of para-hydroxylation sites is 1. The fraction of sp³-hybridized carbons (Fsp3) is 0.0972. The van der Waals surface area contributed by atoms with E-state index in [9.17, 15) is 0 Å².